The average Bonchev–Trinajstić information content (AvgIpc) is 2.78. The summed E-state index contributed by atoms with van der Waals surface area (Å²) in [7, 11) is 0. The smallest absolute Gasteiger partial charge is 0.133 e. The van der Waals surface area contributed by atoms with Crippen LogP contribution in [0.15, 0.2) is 42.9 Å². The van der Waals surface area contributed by atoms with Crippen molar-refractivity contribution >= 4 is 17.4 Å². The van der Waals surface area contributed by atoms with Crippen molar-refractivity contribution in [2.75, 3.05) is 11.9 Å². The normalized spacial score (nSPS) is 14.0. The Morgan fingerprint density at radius 3 is 2.87 bits per heavy atom. The molecular weight excluding hydrogens is 310 g/mol. The Kier molecular flexibility index (Phi) is 3.71. The van der Waals surface area contributed by atoms with E-state index >= 15 is 0 Å². The number of fused-ring (bicyclic) bond motifs is 1. The molecule has 1 N–H and O–H groups in total. The molecule has 1 aromatic carbocycles. The highest BCUT2D eigenvalue weighted by Crippen LogP contribution is 2.34. The van der Waals surface area contributed by atoms with Crippen LogP contribution in [0.2, 0.25) is 5.02 Å². The van der Waals surface area contributed by atoms with E-state index in [1.165, 1.54) is 5.56 Å². The zero-order valence-electron chi connectivity index (χ0n) is 12.5. The van der Waals surface area contributed by atoms with Gasteiger partial charge in [-0.05, 0) is 31.4 Å². The highest BCUT2D eigenvalue weighted by atomic mass is 35.5. The van der Waals surface area contributed by atoms with Crippen molar-refractivity contribution in [1.29, 1.82) is 0 Å². The predicted molar refractivity (Wildman–Crippen MR) is 91.0 cm³/mol. The Morgan fingerprint density at radius 1 is 1.13 bits per heavy atom. The first-order valence-electron chi connectivity index (χ1n) is 7.71. The Labute approximate surface area is 139 Å². The second kappa shape index (κ2) is 6.01. The summed E-state index contributed by atoms with van der Waals surface area (Å²) >= 11 is 6.38. The topological polar surface area (TPSA) is 55.6 Å². The number of benzene rings is 1. The van der Waals surface area contributed by atoms with Crippen LogP contribution in [0.3, 0.4) is 0 Å². The fraction of sp³-hybridized carbons (Fsp3) is 0.235. The minimum Gasteiger partial charge on any atom is -0.370 e. The third-order valence-corrected chi connectivity index (χ3v) is 4.34. The molecule has 3 heterocycles. The van der Waals surface area contributed by atoms with E-state index < -0.39 is 0 Å². The number of halogens is 1. The maximum atomic E-state index is 6.38. The van der Waals surface area contributed by atoms with Crippen LogP contribution in [0.1, 0.15) is 18.4 Å². The van der Waals surface area contributed by atoms with Gasteiger partial charge in [0.05, 0.1) is 16.9 Å². The largest absolute Gasteiger partial charge is 0.370 e. The summed E-state index contributed by atoms with van der Waals surface area (Å²) in [5, 5.41) is 8.98. The zero-order chi connectivity index (χ0) is 15.6. The number of aromatic nitrogens is 4. The van der Waals surface area contributed by atoms with E-state index in [9.17, 15) is 0 Å². The van der Waals surface area contributed by atoms with Crippen LogP contribution >= 0.6 is 11.6 Å². The van der Waals surface area contributed by atoms with Crippen LogP contribution in [-0.2, 0) is 6.42 Å². The van der Waals surface area contributed by atoms with E-state index in [1.54, 1.807) is 18.6 Å². The highest BCUT2D eigenvalue weighted by Gasteiger charge is 2.23. The molecule has 5 nitrogen and oxygen atoms in total. The van der Waals surface area contributed by atoms with Crippen LogP contribution in [0.4, 0.5) is 5.82 Å². The molecule has 0 spiro atoms. The summed E-state index contributed by atoms with van der Waals surface area (Å²) in [6.07, 6.45) is 8.35. The van der Waals surface area contributed by atoms with Crippen LogP contribution in [0.5, 0.6) is 0 Å². The van der Waals surface area contributed by atoms with Gasteiger partial charge in [0.25, 0.3) is 0 Å². The molecule has 6 heteroatoms. The first-order valence-corrected chi connectivity index (χ1v) is 8.09. The molecule has 1 aliphatic heterocycles. The van der Waals surface area contributed by atoms with Gasteiger partial charge in [-0.25, -0.2) is 4.68 Å². The van der Waals surface area contributed by atoms with Crippen LogP contribution in [0, 0.1) is 0 Å². The van der Waals surface area contributed by atoms with Crippen molar-refractivity contribution < 1.29 is 0 Å². The summed E-state index contributed by atoms with van der Waals surface area (Å²) < 4.78 is 1.90. The molecule has 2 aromatic heterocycles. The number of hydrogen-bond donors (Lipinski definition) is 1. The molecule has 116 valence electrons. The Bertz CT molecular complexity index is 828. The standard InChI is InChI=1S/C17H16ClN5/c18-13-6-1-2-7-15(13)23-17-12(5-3-4-8-21-17)16(22-23)14-11-19-9-10-20-14/h1-2,6-7,9-11,21H,3-5,8H2. The lowest BCUT2D eigenvalue weighted by Crippen LogP contribution is -2.07. The first kappa shape index (κ1) is 14.2. The second-order valence-corrected chi connectivity index (χ2v) is 5.92. The Balaban J connectivity index is 1.94. The van der Waals surface area contributed by atoms with Gasteiger partial charge in [0.2, 0.25) is 0 Å². The van der Waals surface area contributed by atoms with Gasteiger partial charge in [-0.2, -0.15) is 5.10 Å². The second-order valence-electron chi connectivity index (χ2n) is 5.51. The summed E-state index contributed by atoms with van der Waals surface area (Å²) in [6, 6.07) is 7.74. The van der Waals surface area contributed by atoms with Gasteiger partial charge in [0, 0.05) is 24.5 Å². The maximum Gasteiger partial charge on any atom is 0.133 e. The van der Waals surface area contributed by atoms with Gasteiger partial charge >= 0.3 is 0 Å². The minimum absolute atomic E-state index is 0.676. The van der Waals surface area contributed by atoms with Gasteiger partial charge in [0.15, 0.2) is 0 Å². The summed E-state index contributed by atoms with van der Waals surface area (Å²) in [5.74, 6) is 1.01. The van der Waals surface area contributed by atoms with E-state index in [0.717, 1.165) is 48.7 Å². The molecule has 0 atom stereocenters. The van der Waals surface area contributed by atoms with Crippen LogP contribution in [0.25, 0.3) is 17.1 Å². The van der Waals surface area contributed by atoms with Crippen molar-refractivity contribution in [1.82, 2.24) is 19.7 Å². The molecule has 0 unspecified atom stereocenters. The summed E-state index contributed by atoms with van der Waals surface area (Å²) in [4.78, 5) is 8.59. The molecule has 0 saturated carbocycles. The third-order valence-electron chi connectivity index (χ3n) is 4.02. The average molecular weight is 326 g/mol. The van der Waals surface area contributed by atoms with Crippen molar-refractivity contribution in [3.63, 3.8) is 0 Å². The molecule has 0 amide bonds. The van der Waals surface area contributed by atoms with E-state index in [0.29, 0.717) is 5.02 Å². The van der Waals surface area contributed by atoms with Gasteiger partial charge in [-0.3, -0.25) is 9.97 Å². The van der Waals surface area contributed by atoms with Gasteiger partial charge in [-0.15, -0.1) is 0 Å². The first-order chi connectivity index (χ1) is 11.3. The number of rotatable bonds is 2. The molecule has 1 aliphatic rings. The molecular formula is C17H16ClN5. The van der Waals surface area contributed by atoms with Crippen molar-refractivity contribution in [2.24, 2.45) is 0 Å². The predicted octanol–water partition coefficient (Wildman–Crippen LogP) is 3.73. The number of para-hydroxylation sites is 1. The van der Waals surface area contributed by atoms with Crippen molar-refractivity contribution in [3.05, 3.63) is 53.4 Å². The number of hydrogen-bond acceptors (Lipinski definition) is 4. The minimum atomic E-state index is 0.676. The Hall–Kier alpha value is -2.40. The zero-order valence-corrected chi connectivity index (χ0v) is 13.3. The number of nitrogens with zero attached hydrogens (tertiary/aromatic N) is 4. The monoisotopic (exact) mass is 325 g/mol. The fourth-order valence-corrected chi connectivity index (χ4v) is 3.14. The molecule has 23 heavy (non-hydrogen) atoms. The summed E-state index contributed by atoms with van der Waals surface area (Å²) in [5.41, 5.74) is 3.72. The molecule has 0 bridgehead atoms. The molecule has 3 aromatic rings. The van der Waals surface area contributed by atoms with E-state index in [4.69, 9.17) is 16.7 Å². The quantitative estimate of drug-likeness (QED) is 0.780. The third kappa shape index (κ3) is 2.57. The van der Waals surface area contributed by atoms with E-state index in [1.807, 2.05) is 28.9 Å². The van der Waals surface area contributed by atoms with Crippen LogP contribution < -0.4 is 5.32 Å². The molecule has 0 saturated heterocycles. The fourth-order valence-electron chi connectivity index (χ4n) is 2.93. The summed E-state index contributed by atoms with van der Waals surface area (Å²) in [6.45, 7) is 0.934. The van der Waals surface area contributed by atoms with Crippen molar-refractivity contribution in [2.45, 2.75) is 19.3 Å². The molecule has 0 radical (unpaired) electrons. The highest BCUT2D eigenvalue weighted by molar-refractivity contribution is 6.32. The SMILES string of the molecule is Clc1ccccc1-n1nc(-c2cnccn2)c2c1NCCCC2. The van der Waals surface area contributed by atoms with Gasteiger partial charge < -0.3 is 5.32 Å². The van der Waals surface area contributed by atoms with Gasteiger partial charge in [-0.1, -0.05) is 23.7 Å². The van der Waals surface area contributed by atoms with E-state index in [-0.39, 0.29) is 0 Å². The maximum absolute atomic E-state index is 6.38. The molecule has 4 rings (SSSR count). The lowest BCUT2D eigenvalue weighted by atomic mass is 10.1. The number of anilines is 1. The molecule has 0 fully saturated rings. The van der Waals surface area contributed by atoms with Crippen molar-refractivity contribution in [3.8, 4) is 17.1 Å². The Morgan fingerprint density at radius 2 is 2.04 bits per heavy atom. The lowest BCUT2D eigenvalue weighted by Gasteiger charge is -2.10. The number of nitrogens with one attached hydrogen (secondary N) is 1. The molecule has 0 aliphatic carbocycles. The van der Waals surface area contributed by atoms with Crippen LogP contribution in [-0.4, -0.2) is 26.3 Å². The lowest BCUT2D eigenvalue weighted by molar-refractivity contribution is 0.779. The van der Waals surface area contributed by atoms with E-state index in [2.05, 4.69) is 15.3 Å². The van der Waals surface area contributed by atoms with Gasteiger partial charge in [0.1, 0.15) is 17.2 Å².